The Morgan fingerprint density at radius 3 is 2.87 bits per heavy atom. The first-order valence-corrected chi connectivity index (χ1v) is 5.68. The smallest absolute Gasteiger partial charge is 0.117 e. The summed E-state index contributed by atoms with van der Waals surface area (Å²) in [6.07, 6.45) is 0. The predicted molar refractivity (Wildman–Crippen MR) is 66.6 cm³/mol. The van der Waals surface area contributed by atoms with E-state index in [1.807, 2.05) is 24.3 Å². The highest BCUT2D eigenvalue weighted by molar-refractivity contribution is 7.98. The van der Waals surface area contributed by atoms with E-state index in [0.717, 1.165) is 28.4 Å². The molecule has 0 spiro atoms. The summed E-state index contributed by atoms with van der Waals surface area (Å²) in [5.41, 5.74) is 2.08. The van der Waals surface area contributed by atoms with E-state index < -0.39 is 0 Å². The van der Waals surface area contributed by atoms with Crippen molar-refractivity contribution in [2.24, 2.45) is 0 Å². The second-order valence-electron chi connectivity index (χ2n) is 2.98. The third-order valence-electron chi connectivity index (χ3n) is 1.91. The molecular formula is C10H13ClN2OS. The van der Waals surface area contributed by atoms with E-state index in [-0.39, 0.29) is 19.0 Å². The normalized spacial score (nSPS) is 10.2. The molecule has 0 fully saturated rings. The number of hydrogen-bond donors (Lipinski definition) is 2. The second kappa shape index (κ2) is 6.00. The van der Waals surface area contributed by atoms with Crippen molar-refractivity contribution < 1.29 is 5.11 Å². The Hall–Kier alpha value is -0.710. The number of aliphatic hydroxyl groups is 1. The molecule has 0 radical (unpaired) electrons. The average Bonchev–Trinajstić information content (AvgIpc) is 2.60. The largest absolute Gasteiger partial charge is 0.396 e. The van der Waals surface area contributed by atoms with Crippen LogP contribution < -0.4 is 0 Å². The molecule has 82 valence electrons. The first-order chi connectivity index (χ1) is 6.90. The van der Waals surface area contributed by atoms with Gasteiger partial charge in [0, 0.05) is 5.75 Å². The maximum Gasteiger partial charge on any atom is 0.117 e. The fraction of sp³-hybridized carbons (Fsp3) is 0.300. The van der Waals surface area contributed by atoms with Crippen LogP contribution in [0.25, 0.3) is 11.0 Å². The summed E-state index contributed by atoms with van der Waals surface area (Å²) in [6.45, 7) is 0.227. The van der Waals surface area contributed by atoms with Crippen LogP contribution in [0.3, 0.4) is 0 Å². The van der Waals surface area contributed by atoms with Crippen LogP contribution in [0.4, 0.5) is 0 Å². The van der Waals surface area contributed by atoms with Gasteiger partial charge < -0.3 is 10.1 Å². The molecule has 1 aromatic carbocycles. The minimum atomic E-state index is 0. The zero-order valence-corrected chi connectivity index (χ0v) is 9.77. The molecule has 0 unspecified atom stereocenters. The number of halogens is 1. The highest BCUT2D eigenvalue weighted by Gasteiger charge is 2.00. The molecule has 1 aromatic heterocycles. The summed E-state index contributed by atoms with van der Waals surface area (Å²) in [5.74, 6) is 2.57. The van der Waals surface area contributed by atoms with Crippen LogP contribution >= 0.6 is 24.2 Å². The van der Waals surface area contributed by atoms with Gasteiger partial charge in [-0.2, -0.15) is 11.8 Å². The first kappa shape index (κ1) is 12.4. The topological polar surface area (TPSA) is 48.9 Å². The quantitative estimate of drug-likeness (QED) is 0.811. The number of rotatable bonds is 4. The number of nitrogens with one attached hydrogen (secondary N) is 1. The molecule has 3 nitrogen and oxygen atoms in total. The molecule has 0 amide bonds. The van der Waals surface area contributed by atoms with Crippen molar-refractivity contribution in [3.63, 3.8) is 0 Å². The van der Waals surface area contributed by atoms with E-state index in [9.17, 15) is 0 Å². The van der Waals surface area contributed by atoms with Crippen molar-refractivity contribution in [3.8, 4) is 0 Å². The van der Waals surface area contributed by atoms with Gasteiger partial charge in [0.05, 0.1) is 23.4 Å². The molecule has 0 saturated heterocycles. The van der Waals surface area contributed by atoms with Gasteiger partial charge in [0.2, 0.25) is 0 Å². The van der Waals surface area contributed by atoms with Gasteiger partial charge in [-0.3, -0.25) is 0 Å². The Labute approximate surface area is 98.7 Å². The molecule has 0 saturated carbocycles. The van der Waals surface area contributed by atoms with Crippen LogP contribution in [0.15, 0.2) is 24.3 Å². The van der Waals surface area contributed by atoms with E-state index in [0.29, 0.717) is 0 Å². The van der Waals surface area contributed by atoms with Gasteiger partial charge in [0.15, 0.2) is 0 Å². The molecule has 0 aliphatic carbocycles. The number of nitrogens with zero attached hydrogens (tertiary/aromatic N) is 1. The molecule has 2 N–H and O–H groups in total. The summed E-state index contributed by atoms with van der Waals surface area (Å²) in [7, 11) is 0. The monoisotopic (exact) mass is 244 g/mol. The molecular weight excluding hydrogens is 232 g/mol. The lowest BCUT2D eigenvalue weighted by molar-refractivity contribution is 0.322. The van der Waals surface area contributed by atoms with E-state index in [4.69, 9.17) is 5.11 Å². The van der Waals surface area contributed by atoms with Crippen molar-refractivity contribution in [1.82, 2.24) is 9.97 Å². The number of imidazole rings is 1. The number of aliphatic hydroxyl groups excluding tert-OH is 1. The van der Waals surface area contributed by atoms with Crippen LogP contribution in [0.2, 0.25) is 0 Å². The zero-order chi connectivity index (χ0) is 9.80. The van der Waals surface area contributed by atoms with E-state index in [1.165, 1.54) is 0 Å². The number of hydrogen-bond acceptors (Lipinski definition) is 3. The Balaban J connectivity index is 0.00000112. The van der Waals surface area contributed by atoms with Gasteiger partial charge in [0.25, 0.3) is 0 Å². The third-order valence-corrected chi connectivity index (χ3v) is 2.86. The standard InChI is InChI=1S/C10H12N2OS.ClH/c13-5-6-14-7-10-11-8-3-1-2-4-9(8)12-10;/h1-4,13H,5-7H2,(H,11,12);1H. The minimum Gasteiger partial charge on any atom is -0.396 e. The Morgan fingerprint density at radius 1 is 1.33 bits per heavy atom. The fourth-order valence-corrected chi connectivity index (χ4v) is 1.91. The summed E-state index contributed by atoms with van der Waals surface area (Å²) in [5, 5.41) is 8.63. The number of thioether (sulfide) groups is 1. The lowest BCUT2D eigenvalue weighted by atomic mass is 10.3. The summed E-state index contributed by atoms with van der Waals surface area (Å²) in [4.78, 5) is 7.67. The van der Waals surface area contributed by atoms with Gasteiger partial charge in [-0.1, -0.05) is 12.1 Å². The molecule has 2 rings (SSSR count). The minimum absolute atomic E-state index is 0. The lowest BCUT2D eigenvalue weighted by Crippen LogP contribution is -1.89. The summed E-state index contributed by atoms with van der Waals surface area (Å²) >= 11 is 1.68. The molecule has 1 heterocycles. The second-order valence-corrected chi connectivity index (χ2v) is 4.08. The highest BCUT2D eigenvalue weighted by atomic mass is 35.5. The Morgan fingerprint density at radius 2 is 2.13 bits per heavy atom. The number of aromatic amines is 1. The average molecular weight is 245 g/mol. The maximum absolute atomic E-state index is 8.63. The number of fused-ring (bicyclic) bond motifs is 1. The van der Waals surface area contributed by atoms with E-state index in [2.05, 4.69) is 9.97 Å². The van der Waals surface area contributed by atoms with Crippen molar-refractivity contribution in [1.29, 1.82) is 0 Å². The van der Waals surface area contributed by atoms with Crippen molar-refractivity contribution in [2.45, 2.75) is 5.75 Å². The van der Waals surface area contributed by atoms with Gasteiger partial charge in [-0.05, 0) is 12.1 Å². The molecule has 0 bridgehead atoms. The van der Waals surface area contributed by atoms with E-state index in [1.54, 1.807) is 11.8 Å². The predicted octanol–water partition coefficient (Wildman–Crippen LogP) is 2.21. The number of aromatic nitrogens is 2. The molecule has 5 heteroatoms. The third kappa shape index (κ3) is 3.12. The Kier molecular flexibility index (Phi) is 4.94. The van der Waals surface area contributed by atoms with Gasteiger partial charge in [-0.15, -0.1) is 12.4 Å². The fourth-order valence-electron chi connectivity index (χ4n) is 1.31. The number of para-hydroxylation sites is 2. The van der Waals surface area contributed by atoms with Crippen molar-refractivity contribution in [2.75, 3.05) is 12.4 Å². The van der Waals surface area contributed by atoms with Crippen molar-refractivity contribution in [3.05, 3.63) is 30.1 Å². The maximum atomic E-state index is 8.63. The van der Waals surface area contributed by atoms with Crippen LogP contribution in [0.1, 0.15) is 5.82 Å². The summed E-state index contributed by atoms with van der Waals surface area (Å²) < 4.78 is 0. The summed E-state index contributed by atoms with van der Waals surface area (Å²) in [6, 6.07) is 7.98. The van der Waals surface area contributed by atoms with Crippen LogP contribution in [0, 0.1) is 0 Å². The van der Waals surface area contributed by atoms with Crippen LogP contribution in [-0.4, -0.2) is 27.4 Å². The zero-order valence-electron chi connectivity index (χ0n) is 8.14. The molecule has 15 heavy (non-hydrogen) atoms. The molecule has 0 aliphatic rings. The lowest BCUT2D eigenvalue weighted by Gasteiger charge is -1.93. The van der Waals surface area contributed by atoms with Crippen molar-refractivity contribution >= 4 is 35.2 Å². The Bertz CT molecular complexity index is 385. The van der Waals surface area contributed by atoms with E-state index >= 15 is 0 Å². The van der Waals surface area contributed by atoms with Gasteiger partial charge >= 0.3 is 0 Å². The first-order valence-electron chi connectivity index (χ1n) is 4.52. The number of H-pyrrole nitrogens is 1. The highest BCUT2D eigenvalue weighted by Crippen LogP contribution is 2.14. The van der Waals surface area contributed by atoms with Gasteiger partial charge in [-0.25, -0.2) is 4.98 Å². The molecule has 0 aliphatic heterocycles. The van der Waals surface area contributed by atoms with Crippen LogP contribution in [-0.2, 0) is 5.75 Å². The van der Waals surface area contributed by atoms with Gasteiger partial charge in [0.1, 0.15) is 5.82 Å². The molecule has 0 atom stereocenters. The molecule has 2 aromatic rings. The van der Waals surface area contributed by atoms with Crippen LogP contribution in [0.5, 0.6) is 0 Å². The number of benzene rings is 1. The SMILES string of the molecule is Cl.OCCSCc1nc2ccccc2[nH]1.